The van der Waals surface area contributed by atoms with Gasteiger partial charge in [0.15, 0.2) is 0 Å². The normalized spacial score (nSPS) is 24.8. The van der Waals surface area contributed by atoms with Crippen molar-refractivity contribution in [2.45, 2.75) is 62.7 Å². The lowest BCUT2D eigenvalue weighted by Gasteiger charge is -2.39. The summed E-state index contributed by atoms with van der Waals surface area (Å²) in [4.78, 5) is 30.1. The number of fused-ring (bicyclic) bond motifs is 3. The van der Waals surface area contributed by atoms with Gasteiger partial charge in [0.1, 0.15) is 0 Å². The molecule has 216 valence electrons. The Hall–Kier alpha value is -3.32. The molecule has 2 bridgehead atoms. The van der Waals surface area contributed by atoms with E-state index >= 15 is 0 Å². The Morgan fingerprint density at radius 1 is 0.951 bits per heavy atom. The van der Waals surface area contributed by atoms with Gasteiger partial charge < -0.3 is 4.90 Å². The van der Waals surface area contributed by atoms with E-state index in [-0.39, 0.29) is 28.8 Å². The quantitative estimate of drug-likeness (QED) is 0.246. The van der Waals surface area contributed by atoms with Crippen molar-refractivity contribution in [3.8, 4) is 0 Å². The number of benzene rings is 2. The van der Waals surface area contributed by atoms with Crippen molar-refractivity contribution in [1.82, 2.24) is 19.6 Å². The number of amides is 2. The molecule has 2 unspecified atom stereocenters. The molecule has 6 rings (SSSR count). The number of nitrogens with zero attached hydrogens (tertiary/aromatic N) is 4. The highest BCUT2D eigenvalue weighted by Gasteiger charge is 2.47. The fraction of sp³-hybridized carbons (Fsp3) is 0.393. The number of piperidine rings is 1. The highest BCUT2D eigenvalue weighted by molar-refractivity contribution is 8.18. The molecular formula is C28H24F6N4O2S. The van der Waals surface area contributed by atoms with Gasteiger partial charge in [-0.2, -0.15) is 31.4 Å². The molecule has 3 aliphatic heterocycles. The zero-order valence-corrected chi connectivity index (χ0v) is 22.5. The Morgan fingerprint density at radius 3 is 2.32 bits per heavy atom. The summed E-state index contributed by atoms with van der Waals surface area (Å²) in [7, 11) is 2.09. The molecule has 13 heteroatoms. The number of aromatic nitrogens is 2. The van der Waals surface area contributed by atoms with E-state index in [4.69, 9.17) is 0 Å². The van der Waals surface area contributed by atoms with Gasteiger partial charge in [0, 0.05) is 23.5 Å². The summed E-state index contributed by atoms with van der Waals surface area (Å²) in [6.07, 6.45) is -3.19. The van der Waals surface area contributed by atoms with E-state index < -0.39 is 30.0 Å². The van der Waals surface area contributed by atoms with Crippen LogP contribution < -0.4 is 0 Å². The average molecular weight is 595 g/mol. The first-order chi connectivity index (χ1) is 19.3. The molecule has 3 aromatic rings. The number of imide groups is 1. The molecule has 2 aromatic carbocycles. The third-order valence-corrected chi connectivity index (χ3v) is 9.17. The van der Waals surface area contributed by atoms with Crippen LogP contribution in [0.4, 0.5) is 31.1 Å². The standard InChI is InChI=1S/C28H24F6N4O2S/c1-36-19-5-6-20(36)12-21(11-19)38-25(39)24(41-26(38)40)9-15-2-7-23-17(8-15)13-35-37(23)14-16-3-4-18(27(29,30)31)10-22(16)28(32,33)34/h2-4,7-10,13,19-21H,5-6,11-12,14H2,1H3. The Bertz CT molecular complexity index is 1570. The molecule has 41 heavy (non-hydrogen) atoms. The summed E-state index contributed by atoms with van der Waals surface area (Å²) in [5.41, 5.74) is -2.03. The van der Waals surface area contributed by atoms with Gasteiger partial charge >= 0.3 is 12.4 Å². The molecule has 3 fully saturated rings. The van der Waals surface area contributed by atoms with Crippen LogP contribution >= 0.6 is 11.8 Å². The van der Waals surface area contributed by atoms with Crippen LogP contribution in [0.1, 0.15) is 47.9 Å². The summed E-state index contributed by atoms with van der Waals surface area (Å²) in [5.74, 6) is -0.327. The van der Waals surface area contributed by atoms with Crippen LogP contribution in [0, 0.1) is 0 Å². The van der Waals surface area contributed by atoms with Crippen LogP contribution in [-0.4, -0.2) is 55.9 Å². The van der Waals surface area contributed by atoms with Crippen LogP contribution in [0.15, 0.2) is 47.5 Å². The Morgan fingerprint density at radius 2 is 1.66 bits per heavy atom. The smallest absolute Gasteiger partial charge is 0.300 e. The third-order valence-electron chi connectivity index (χ3n) is 8.29. The SMILES string of the molecule is CN1C2CCC1CC(N1C(=O)SC(=Cc3ccc4c(cnn4Cc4ccc(C(F)(F)F)cc4C(F)(F)F)c3)C1=O)C2. The van der Waals surface area contributed by atoms with E-state index in [1.807, 2.05) is 0 Å². The number of rotatable bonds is 4. The van der Waals surface area contributed by atoms with Crippen LogP contribution in [0.3, 0.4) is 0 Å². The Labute approximate surface area is 235 Å². The number of alkyl halides is 6. The first-order valence-corrected chi connectivity index (χ1v) is 13.8. The summed E-state index contributed by atoms with van der Waals surface area (Å²) < 4.78 is 81.2. The molecule has 2 atom stereocenters. The molecule has 6 nitrogen and oxygen atoms in total. The van der Waals surface area contributed by atoms with Gasteiger partial charge in [-0.1, -0.05) is 12.1 Å². The molecular weight excluding hydrogens is 570 g/mol. The summed E-state index contributed by atoms with van der Waals surface area (Å²) in [6, 6.07) is 7.12. The molecule has 2 amide bonds. The summed E-state index contributed by atoms with van der Waals surface area (Å²) in [5, 5.41) is 4.42. The average Bonchev–Trinajstić information content (AvgIpc) is 3.46. The van der Waals surface area contributed by atoms with Gasteiger partial charge in [-0.3, -0.25) is 19.2 Å². The second-order valence-corrected chi connectivity index (χ2v) is 11.7. The maximum atomic E-state index is 13.6. The number of carbonyl (C=O) groups is 2. The predicted octanol–water partition coefficient (Wildman–Crippen LogP) is 6.78. The molecule has 3 aliphatic rings. The van der Waals surface area contributed by atoms with Gasteiger partial charge in [-0.05, 0) is 86.0 Å². The maximum Gasteiger partial charge on any atom is 0.416 e. The highest BCUT2D eigenvalue weighted by Crippen LogP contribution is 2.42. The lowest BCUT2D eigenvalue weighted by molar-refractivity contribution is -0.143. The molecule has 3 saturated heterocycles. The third kappa shape index (κ3) is 5.14. The van der Waals surface area contributed by atoms with E-state index in [0.717, 1.165) is 43.5 Å². The minimum Gasteiger partial charge on any atom is -0.300 e. The van der Waals surface area contributed by atoms with Crippen LogP contribution in [-0.2, 0) is 23.7 Å². The van der Waals surface area contributed by atoms with E-state index in [9.17, 15) is 35.9 Å². The molecule has 0 aliphatic carbocycles. The minimum atomic E-state index is -4.98. The first kappa shape index (κ1) is 27.8. The lowest BCUT2D eigenvalue weighted by atomic mass is 9.96. The van der Waals surface area contributed by atoms with E-state index in [1.165, 1.54) is 15.8 Å². The van der Waals surface area contributed by atoms with Crippen LogP contribution in [0.2, 0.25) is 0 Å². The van der Waals surface area contributed by atoms with E-state index in [0.29, 0.717) is 39.5 Å². The van der Waals surface area contributed by atoms with Crippen molar-refractivity contribution in [2.75, 3.05) is 7.05 Å². The topological polar surface area (TPSA) is 58.4 Å². The number of hydrogen-bond donors (Lipinski definition) is 0. The van der Waals surface area contributed by atoms with E-state index in [2.05, 4.69) is 17.0 Å². The maximum absolute atomic E-state index is 13.6. The molecule has 0 radical (unpaired) electrons. The second-order valence-electron chi connectivity index (χ2n) is 10.7. The van der Waals surface area contributed by atoms with Crippen molar-refractivity contribution in [2.24, 2.45) is 0 Å². The number of carbonyl (C=O) groups excluding carboxylic acids is 2. The number of thioether (sulfide) groups is 1. The van der Waals surface area contributed by atoms with Gasteiger partial charge in [0.05, 0.1) is 34.3 Å². The molecule has 0 spiro atoms. The first-order valence-electron chi connectivity index (χ1n) is 13.0. The second kappa shape index (κ2) is 9.90. The van der Waals surface area contributed by atoms with Crippen molar-refractivity contribution < 1.29 is 35.9 Å². The summed E-state index contributed by atoms with van der Waals surface area (Å²) in [6.45, 7) is -0.396. The largest absolute Gasteiger partial charge is 0.416 e. The van der Waals surface area contributed by atoms with Crippen LogP contribution in [0.25, 0.3) is 17.0 Å². The zero-order chi connectivity index (χ0) is 29.3. The van der Waals surface area contributed by atoms with Crippen LogP contribution in [0.5, 0.6) is 0 Å². The minimum absolute atomic E-state index is 0.114. The molecule has 0 N–H and O–H groups in total. The van der Waals surface area contributed by atoms with E-state index in [1.54, 1.807) is 24.3 Å². The van der Waals surface area contributed by atoms with Gasteiger partial charge in [0.2, 0.25) is 0 Å². The molecule has 0 saturated carbocycles. The lowest BCUT2D eigenvalue weighted by Crippen LogP contribution is -2.50. The molecule has 1 aromatic heterocycles. The van der Waals surface area contributed by atoms with Gasteiger partial charge in [0.25, 0.3) is 11.1 Å². The summed E-state index contributed by atoms with van der Waals surface area (Å²) >= 11 is 0.890. The highest BCUT2D eigenvalue weighted by atomic mass is 32.2. The van der Waals surface area contributed by atoms with Crippen molar-refractivity contribution in [3.05, 3.63) is 69.8 Å². The van der Waals surface area contributed by atoms with Crippen molar-refractivity contribution in [3.63, 3.8) is 0 Å². The van der Waals surface area contributed by atoms with Crippen molar-refractivity contribution >= 4 is 39.9 Å². The van der Waals surface area contributed by atoms with Crippen molar-refractivity contribution in [1.29, 1.82) is 0 Å². The van der Waals surface area contributed by atoms with Gasteiger partial charge in [-0.25, -0.2) is 0 Å². The fourth-order valence-corrected chi connectivity index (χ4v) is 7.08. The van der Waals surface area contributed by atoms with Gasteiger partial charge in [-0.15, -0.1) is 0 Å². The predicted molar refractivity (Wildman–Crippen MR) is 141 cm³/mol. The Balaban J connectivity index is 1.23. The number of hydrogen-bond acceptors (Lipinski definition) is 5. The fourth-order valence-electron chi connectivity index (χ4n) is 6.18. The Kier molecular flexibility index (Phi) is 6.72. The molecule has 4 heterocycles. The zero-order valence-electron chi connectivity index (χ0n) is 21.7. The number of halogens is 6. The monoisotopic (exact) mass is 594 g/mol.